The minimum atomic E-state index is -0.438. The van der Waals surface area contributed by atoms with E-state index in [1.807, 2.05) is 52.0 Å². The SMILES string of the molecule is C=C/C(C=O)=C1\C(=C)OC2(C=C1c1ccc(C(=O)N(CC)CC)cc1)CCNCC2.CC.CN. The molecule has 1 aromatic carbocycles. The molecule has 3 N–H and O–H groups in total. The number of nitrogens with zero attached hydrogens (tertiary/aromatic N) is 1. The van der Waals surface area contributed by atoms with Crippen molar-refractivity contribution >= 4 is 17.8 Å². The van der Waals surface area contributed by atoms with Gasteiger partial charge in [0.2, 0.25) is 0 Å². The molecule has 0 atom stereocenters. The molecule has 2 heterocycles. The summed E-state index contributed by atoms with van der Waals surface area (Å²) in [5, 5.41) is 3.36. The molecular weight excluding hydrogens is 426 g/mol. The van der Waals surface area contributed by atoms with Crippen molar-refractivity contribution in [2.24, 2.45) is 5.73 Å². The Morgan fingerprint density at radius 3 is 2.18 bits per heavy atom. The Morgan fingerprint density at radius 1 is 1.15 bits per heavy atom. The number of piperidine rings is 1. The van der Waals surface area contributed by atoms with E-state index in [1.165, 1.54) is 13.1 Å². The maximum Gasteiger partial charge on any atom is 0.253 e. The van der Waals surface area contributed by atoms with E-state index >= 15 is 0 Å². The van der Waals surface area contributed by atoms with Crippen LogP contribution >= 0.6 is 0 Å². The van der Waals surface area contributed by atoms with Crippen LogP contribution in [0.4, 0.5) is 0 Å². The Morgan fingerprint density at radius 2 is 1.71 bits per heavy atom. The largest absolute Gasteiger partial charge is 0.483 e. The third kappa shape index (κ3) is 6.55. The smallest absolute Gasteiger partial charge is 0.253 e. The minimum Gasteiger partial charge on any atom is -0.483 e. The second-order valence-corrected chi connectivity index (χ2v) is 7.61. The molecule has 1 saturated heterocycles. The molecule has 0 radical (unpaired) electrons. The van der Waals surface area contributed by atoms with Crippen molar-refractivity contribution in [2.45, 2.75) is 46.1 Å². The number of amides is 1. The van der Waals surface area contributed by atoms with Gasteiger partial charge in [-0.3, -0.25) is 9.59 Å². The van der Waals surface area contributed by atoms with Gasteiger partial charge in [0.05, 0.1) is 0 Å². The van der Waals surface area contributed by atoms with E-state index in [0.29, 0.717) is 35.6 Å². The molecule has 1 amide bonds. The van der Waals surface area contributed by atoms with Gasteiger partial charge in [0, 0.05) is 42.6 Å². The highest BCUT2D eigenvalue weighted by Gasteiger charge is 2.38. The number of allylic oxidation sites excluding steroid dienone is 3. The summed E-state index contributed by atoms with van der Waals surface area (Å²) in [7, 11) is 1.50. The molecule has 1 aromatic rings. The average Bonchev–Trinajstić information content (AvgIpc) is 2.89. The average molecular weight is 468 g/mol. The summed E-state index contributed by atoms with van der Waals surface area (Å²) in [5.41, 5.74) is 7.63. The molecule has 2 aliphatic heterocycles. The Balaban J connectivity index is 0.00000137. The Bertz CT molecular complexity index is 893. The number of carbonyl (C=O) groups is 2. The number of nitrogens with two attached hydrogens (primary N) is 1. The minimum absolute atomic E-state index is 0.0159. The van der Waals surface area contributed by atoms with Gasteiger partial charge in [0.25, 0.3) is 5.91 Å². The Labute approximate surface area is 205 Å². The summed E-state index contributed by atoms with van der Waals surface area (Å²) < 4.78 is 6.25. The fraction of sp³-hybridized carbons (Fsp3) is 0.429. The van der Waals surface area contributed by atoms with Crippen LogP contribution in [0.5, 0.6) is 0 Å². The molecule has 6 nitrogen and oxygen atoms in total. The van der Waals surface area contributed by atoms with Crippen molar-refractivity contribution in [3.05, 3.63) is 77.6 Å². The van der Waals surface area contributed by atoms with Gasteiger partial charge >= 0.3 is 0 Å². The topological polar surface area (TPSA) is 84.7 Å². The number of rotatable bonds is 6. The number of carbonyl (C=O) groups excluding carboxylic acids is 2. The molecule has 0 bridgehead atoms. The molecule has 186 valence electrons. The fourth-order valence-corrected chi connectivity index (χ4v) is 4.15. The van der Waals surface area contributed by atoms with Crippen LogP contribution in [-0.4, -0.2) is 55.9 Å². The van der Waals surface area contributed by atoms with Gasteiger partial charge in [-0.05, 0) is 63.3 Å². The lowest BCUT2D eigenvalue weighted by atomic mass is 9.81. The van der Waals surface area contributed by atoms with Gasteiger partial charge in [-0.2, -0.15) is 0 Å². The fourth-order valence-electron chi connectivity index (χ4n) is 4.15. The number of hydrogen-bond donors (Lipinski definition) is 2. The zero-order chi connectivity index (χ0) is 25.7. The second-order valence-electron chi connectivity index (χ2n) is 7.61. The quantitative estimate of drug-likeness (QED) is 0.475. The van der Waals surface area contributed by atoms with E-state index in [-0.39, 0.29) is 5.91 Å². The maximum atomic E-state index is 12.7. The maximum absolute atomic E-state index is 12.7. The zero-order valence-corrected chi connectivity index (χ0v) is 21.4. The number of benzene rings is 1. The van der Waals surface area contributed by atoms with Gasteiger partial charge < -0.3 is 20.7 Å². The van der Waals surface area contributed by atoms with Crippen LogP contribution in [0.25, 0.3) is 5.57 Å². The highest BCUT2D eigenvalue weighted by Crippen LogP contribution is 2.43. The zero-order valence-electron chi connectivity index (χ0n) is 21.4. The summed E-state index contributed by atoms with van der Waals surface area (Å²) >= 11 is 0. The van der Waals surface area contributed by atoms with Crippen molar-refractivity contribution in [3.8, 4) is 0 Å². The molecule has 3 rings (SSSR count). The van der Waals surface area contributed by atoms with Gasteiger partial charge in [-0.25, -0.2) is 0 Å². The standard InChI is InChI=1S/C25H30N2O3.C2H6.CH5N/c1-5-19(17-28)23-18(4)30-25(12-14-26-15-13-25)16-22(23)20-8-10-21(11-9-20)24(29)27(6-2)7-3;2*1-2/h5,8-11,16-17,26H,1,4,6-7,12-15H2,2-3H3;1-2H3;2H2,1H3/b23-19-;;. The van der Waals surface area contributed by atoms with Gasteiger partial charge in [0.15, 0.2) is 6.29 Å². The van der Waals surface area contributed by atoms with Crippen LogP contribution in [-0.2, 0) is 9.53 Å². The van der Waals surface area contributed by atoms with Crippen LogP contribution in [0.15, 0.2) is 66.5 Å². The monoisotopic (exact) mass is 467 g/mol. The number of aldehydes is 1. The van der Waals surface area contributed by atoms with Crippen LogP contribution in [0.3, 0.4) is 0 Å². The summed E-state index contributed by atoms with van der Waals surface area (Å²) in [4.78, 5) is 26.1. The van der Waals surface area contributed by atoms with Crippen molar-refractivity contribution in [1.82, 2.24) is 10.2 Å². The van der Waals surface area contributed by atoms with Crippen LogP contribution in [0.2, 0.25) is 0 Å². The Hall–Kier alpha value is -2.96. The molecule has 1 fully saturated rings. The van der Waals surface area contributed by atoms with Crippen molar-refractivity contribution in [1.29, 1.82) is 0 Å². The van der Waals surface area contributed by atoms with E-state index < -0.39 is 5.60 Å². The van der Waals surface area contributed by atoms with Gasteiger partial charge in [0.1, 0.15) is 11.4 Å². The first kappa shape index (κ1) is 29.1. The number of hydrogen-bond acceptors (Lipinski definition) is 5. The molecule has 0 unspecified atom stereocenters. The Kier molecular flexibility index (Phi) is 12.3. The first-order valence-corrected chi connectivity index (χ1v) is 12.1. The summed E-state index contributed by atoms with van der Waals surface area (Å²) in [5.74, 6) is 0.502. The van der Waals surface area contributed by atoms with Crippen LogP contribution in [0, 0.1) is 0 Å². The summed E-state index contributed by atoms with van der Waals surface area (Å²) in [6.07, 6.45) is 6.08. The van der Waals surface area contributed by atoms with Gasteiger partial charge in [-0.1, -0.05) is 45.2 Å². The second kappa shape index (κ2) is 14.3. The lowest BCUT2D eigenvalue weighted by Crippen LogP contribution is -2.44. The van der Waals surface area contributed by atoms with Crippen molar-refractivity contribution in [3.63, 3.8) is 0 Å². The molecular formula is C28H41N3O3. The normalized spacial score (nSPS) is 17.6. The molecule has 0 aliphatic carbocycles. The predicted octanol–water partition coefficient (Wildman–Crippen LogP) is 4.50. The first-order valence-electron chi connectivity index (χ1n) is 12.1. The summed E-state index contributed by atoms with van der Waals surface area (Å²) in [6.45, 7) is 18.9. The van der Waals surface area contributed by atoms with Crippen LogP contribution < -0.4 is 11.1 Å². The highest BCUT2D eigenvalue weighted by atomic mass is 16.5. The predicted molar refractivity (Wildman–Crippen MR) is 141 cm³/mol. The van der Waals surface area contributed by atoms with E-state index in [2.05, 4.69) is 30.3 Å². The molecule has 0 aromatic heterocycles. The number of nitrogens with one attached hydrogen (secondary N) is 1. The van der Waals surface area contributed by atoms with E-state index in [0.717, 1.165) is 43.4 Å². The molecule has 0 saturated carbocycles. The third-order valence-corrected chi connectivity index (χ3v) is 5.86. The van der Waals surface area contributed by atoms with Crippen molar-refractivity contribution in [2.75, 3.05) is 33.2 Å². The van der Waals surface area contributed by atoms with E-state index in [1.54, 1.807) is 4.90 Å². The number of ether oxygens (including phenoxy) is 1. The highest BCUT2D eigenvalue weighted by molar-refractivity contribution is 5.96. The van der Waals surface area contributed by atoms with E-state index in [4.69, 9.17) is 4.74 Å². The van der Waals surface area contributed by atoms with Crippen LogP contribution in [0.1, 0.15) is 56.5 Å². The van der Waals surface area contributed by atoms with E-state index in [9.17, 15) is 9.59 Å². The molecule has 1 spiro atoms. The lowest BCUT2D eigenvalue weighted by Gasteiger charge is -2.41. The molecule has 34 heavy (non-hydrogen) atoms. The van der Waals surface area contributed by atoms with Gasteiger partial charge in [-0.15, -0.1) is 0 Å². The third-order valence-electron chi connectivity index (χ3n) is 5.86. The summed E-state index contributed by atoms with van der Waals surface area (Å²) in [6, 6.07) is 7.55. The first-order chi connectivity index (χ1) is 16.5. The van der Waals surface area contributed by atoms with Crippen molar-refractivity contribution < 1.29 is 14.3 Å². The lowest BCUT2D eigenvalue weighted by molar-refractivity contribution is -0.104. The molecule has 6 heteroatoms. The molecule has 2 aliphatic rings.